The highest BCUT2D eigenvalue weighted by molar-refractivity contribution is 5.81. The highest BCUT2D eigenvalue weighted by atomic mass is 16.7. The van der Waals surface area contributed by atoms with Crippen molar-refractivity contribution in [1.29, 1.82) is 0 Å². The fourth-order valence-electron chi connectivity index (χ4n) is 1.44. The lowest BCUT2D eigenvalue weighted by Crippen LogP contribution is -2.21. The van der Waals surface area contributed by atoms with Crippen molar-refractivity contribution in [1.82, 2.24) is 0 Å². The molecule has 1 aliphatic heterocycles. The molecule has 15 heavy (non-hydrogen) atoms. The zero-order valence-corrected chi connectivity index (χ0v) is 9.49. The van der Waals surface area contributed by atoms with E-state index in [1.165, 1.54) is 13.2 Å². The van der Waals surface area contributed by atoms with Gasteiger partial charge in [0.15, 0.2) is 5.79 Å². The minimum absolute atomic E-state index is 0.127. The number of rotatable bonds is 4. The van der Waals surface area contributed by atoms with Gasteiger partial charge in [-0.2, -0.15) is 0 Å². The molecule has 0 amide bonds. The smallest absolute Gasteiger partial charge is 0.330 e. The van der Waals surface area contributed by atoms with Crippen LogP contribution in [0.1, 0.15) is 26.7 Å². The lowest BCUT2D eigenvalue weighted by atomic mass is 10.2. The molecule has 0 radical (unpaired) electrons. The Labute approximate surface area is 90.2 Å². The van der Waals surface area contributed by atoms with E-state index < -0.39 is 5.79 Å². The Morgan fingerprint density at radius 1 is 1.60 bits per heavy atom. The Balaban J connectivity index is 2.17. The van der Waals surface area contributed by atoms with E-state index in [-0.39, 0.29) is 12.1 Å². The van der Waals surface area contributed by atoms with Gasteiger partial charge in [0.25, 0.3) is 0 Å². The Kier molecular flexibility index (Phi) is 4.29. The van der Waals surface area contributed by atoms with Crippen molar-refractivity contribution in [2.24, 2.45) is 0 Å². The van der Waals surface area contributed by atoms with Crippen molar-refractivity contribution in [3.8, 4) is 0 Å². The minimum atomic E-state index is -0.462. The minimum Gasteiger partial charge on any atom is -0.466 e. The van der Waals surface area contributed by atoms with Crippen molar-refractivity contribution in [2.45, 2.75) is 38.6 Å². The molecule has 0 aromatic carbocycles. The first-order valence-electron chi connectivity index (χ1n) is 5.10. The van der Waals surface area contributed by atoms with Crippen molar-refractivity contribution in [3.05, 3.63) is 12.2 Å². The molecule has 1 atom stereocenters. The summed E-state index contributed by atoms with van der Waals surface area (Å²) in [7, 11) is 1.36. The van der Waals surface area contributed by atoms with Gasteiger partial charge in [0.1, 0.15) is 0 Å². The molecule has 1 aliphatic rings. The Morgan fingerprint density at radius 2 is 2.33 bits per heavy atom. The third kappa shape index (κ3) is 4.44. The summed E-state index contributed by atoms with van der Waals surface area (Å²) in [6.07, 6.45) is 5.00. The number of ether oxygens (including phenoxy) is 3. The molecule has 0 aliphatic carbocycles. The second-order valence-electron chi connectivity index (χ2n) is 3.95. The summed E-state index contributed by atoms with van der Waals surface area (Å²) in [5.41, 5.74) is 0. The molecular formula is C11H18O4. The molecule has 4 heteroatoms. The summed E-state index contributed by atoms with van der Waals surface area (Å²) < 4.78 is 15.5. The van der Waals surface area contributed by atoms with Crippen molar-refractivity contribution < 1.29 is 19.0 Å². The van der Waals surface area contributed by atoms with Crippen LogP contribution in [-0.4, -0.2) is 31.6 Å². The van der Waals surface area contributed by atoms with E-state index in [0.29, 0.717) is 6.61 Å². The van der Waals surface area contributed by atoms with Crippen LogP contribution in [0.5, 0.6) is 0 Å². The van der Waals surface area contributed by atoms with E-state index in [2.05, 4.69) is 4.74 Å². The summed E-state index contributed by atoms with van der Waals surface area (Å²) in [5.74, 6) is -0.782. The first-order valence-corrected chi connectivity index (χ1v) is 5.10. The Morgan fingerprint density at radius 3 is 2.87 bits per heavy atom. The van der Waals surface area contributed by atoms with Crippen LogP contribution in [0.2, 0.25) is 0 Å². The standard InChI is InChI=1S/C11H18O4/c1-11(2)14-8-9(15-11)6-4-5-7-10(12)13-3/h5,7,9H,4,6,8H2,1-3H3/b7-5+/t9-/m0/s1. The molecule has 0 N–H and O–H groups in total. The second kappa shape index (κ2) is 5.28. The number of carbonyl (C=O) groups excluding carboxylic acids is 1. The van der Waals surface area contributed by atoms with E-state index >= 15 is 0 Å². The van der Waals surface area contributed by atoms with Gasteiger partial charge >= 0.3 is 5.97 Å². The number of methoxy groups -OCH3 is 1. The molecule has 86 valence electrons. The molecule has 1 saturated heterocycles. The van der Waals surface area contributed by atoms with Crippen LogP contribution in [0.25, 0.3) is 0 Å². The van der Waals surface area contributed by atoms with Crippen LogP contribution in [0.3, 0.4) is 0 Å². The maximum absolute atomic E-state index is 10.7. The molecule has 0 saturated carbocycles. The van der Waals surface area contributed by atoms with Gasteiger partial charge in [-0.1, -0.05) is 6.08 Å². The predicted molar refractivity (Wildman–Crippen MR) is 55.3 cm³/mol. The number of carbonyl (C=O) groups is 1. The maximum atomic E-state index is 10.7. The second-order valence-corrected chi connectivity index (χ2v) is 3.95. The zero-order chi connectivity index (χ0) is 11.3. The zero-order valence-electron chi connectivity index (χ0n) is 9.49. The quantitative estimate of drug-likeness (QED) is 0.527. The summed E-state index contributed by atoms with van der Waals surface area (Å²) in [6, 6.07) is 0. The van der Waals surface area contributed by atoms with Crippen LogP contribution in [0, 0.1) is 0 Å². The first kappa shape index (κ1) is 12.2. The number of hydrogen-bond acceptors (Lipinski definition) is 4. The molecule has 0 unspecified atom stereocenters. The first-order chi connectivity index (χ1) is 7.03. The topological polar surface area (TPSA) is 44.8 Å². The summed E-state index contributed by atoms with van der Waals surface area (Å²) in [5, 5.41) is 0. The summed E-state index contributed by atoms with van der Waals surface area (Å²) >= 11 is 0. The summed E-state index contributed by atoms with van der Waals surface area (Å²) in [6.45, 7) is 4.42. The summed E-state index contributed by atoms with van der Waals surface area (Å²) in [4.78, 5) is 10.7. The number of hydrogen-bond donors (Lipinski definition) is 0. The van der Waals surface area contributed by atoms with E-state index in [1.807, 2.05) is 13.8 Å². The number of esters is 1. The van der Waals surface area contributed by atoms with E-state index in [1.54, 1.807) is 6.08 Å². The lowest BCUT2D eigenvalue weighted by molar-refractivity contribution is -0.139. The molecule has 0 aromatic heterocycles. The fraction of sp³-hybridized carbons (Fsp3) is 0.727. The average Bonchev–Trinajstić information content (AvgIpc) is 2.52. The third-order valence-electron chi connectivity index (χ3n) is 2.18. The molecule has 0 bridgehead atoms. The molecule has 4 nitrogen and oxygen atoms in total. The van der Waals surface area contributed by atoms with Crippen LogP contribution >= 0.6 is 0 Å². The van der Waals surface area contributed by atoms with E-state index in [9.17, 15) is 4.79 Å². The van der Waals surface area contributed by atoms with Crippen molar-refractivity contribution in [2.75, 3.05) is 13.7 Å². The molecule has 0 spiro atoms. The van der Waals surface area contributed by atoms with Crippen LogP contribution in [0.15, 0.2) is 12.2 Å². The lowest BCUT2D eigenvalue weighted by Gasteiger charge is -2.16. The Bertz CT molecular complexity index is 245. The Hall–Kier alpha value is -0.870. The van der Waals surface area contributed by atoms with Gasteiger partial charge in [0.05, 0.1) is 19.8 Å². The van der Waals surface area contributed by atoms with Gasteiger partial charge in [-0.15, -0.1) is 0 Å². The fourth-order valence-corrected chi connectivity index (χ4v) is 1.44. The van der Waals surface area contributed by atoms with E-state index in [4.69, 9.17) is 9.47 Å². The van der Waals surface area contributed by atoms with Gasteiger partial charge in [0, 0.05) is 6.08 Å². The number of allylic oxidation sites excluding steroid dienone is 1. The van der Waals surface area contributed by atoms with Gasteiger partial charge < -0.3 is 14.2 Å². The van der Waals surface area contributed by atoms with Gasteiger partial charge in [0.2, 0.25) is 0 Å². The largest absolute Gasteiger partial charge is 0.466 e. The molecular weight excluding hydrogens is 196 g/mol. The van der Waals surface area contributed by atoms with E-state index in [0.717, 1.165) is 12.8 Å². The van der Waals surface area contributed by atoms with Crippen molar-refractivity contribution >= 4 is 5.97 Å². The predicted octanol–water partition coefficient (Wildman–Crippen LogP) is 1.65. The van der Waals surface area contributed by atoms with Gasteiger partial charge in [-0.25, -0.2) is 4.79 Å². The molecule has 1 heterocycles. The monoisotopic (exact) mass is 214 g/mol. The highest BCUT2D eigenvalue weighted by Crippen LogP contribution is 2.24. The maximum Gasteiger partial charge on any atom is 0.330 e. The van der Waals surface area contributed by atoms with Crippen LogP contribution in [0.4, 0.5) is 0 Å². The molecule has 0 aromatic rings. The average molecular weight is 214 g/mol. The third-order valence-corrected chi connectivity index (χ3v) is 2.18. The highest BCUT2D eigenvalue weighted by Gasteiger charge is 2.31. The molecule has 1 rings (SSSR count). The van der Waals surface area contributed by atoms with Crippen molar-refractivity contribution in [3.63, 3.8) is 0 Å². The molecule has 1 fully saturated rings. The van der Waals surface area contributed by atoms with Crippen LogP contribution < -0.4 is 0 Å². The normalized spacial score (nSPS) is 24.6. The van der Waals surface area contributed by atoms with Crippen LogP contribution in [-0.2, 0) is 19.0 Å². The SMILES string of the molecule is COC(=O)/C=C/CC[C@H]1COC(C)(C)O1. The van der Waals surface area contributed by atoms with Gasteiger partial charge in [-0.05, 0) is 26.7 Å². The van der Waals surface area contributed by atoms with Gasteiger partial charge in [-0.3, -0.25) is 0 Å².